The van der Waals surface area contributed by atoms with Gasteiger partial charge in [-0.3, -0.25) is 4.79 Å². The van der Waals surface area contributed by atoms with E-state index in [0.717, 1.165) is 11.1 Å². The Bertz CT molecular complexity index is 905. The molecule has 7 nitrogen and oxygen atoms in total. The molecule has 0 radical (unpaired) electrons. The summed E-state index contributed by atoms with van der Waals surface area (Å²) >= 11 is 0. The van der Waals surface area contributed by atoms with Crippen molar-refractivity contribution >= 4 is 17.6 Å². The quantitative estimate of drug-likeness (QED) is 0.792. The Hall–Kier alpha value is -3.36. The zero-order valence-electron chi connectivity index (χ0n) is 15.1. The number of hydrogen-bond acceptors (Lipinski definition) is 4. The van der Waals surface area contributed by atoms with E-state index in [9.17, 15) is 18.4 Å². The number of amides is 3. The van der Waals surface area contributed by atoms with Crippen LogP contribution in [0.5, 0.6) is 11.5 Å². The topological polar surface area (TPSA) is 93.9 Å². The van der Waals surface area contributed by atoms with E-state index in [-0.39, 0.29) is 17.0 Å². The molecule has 2 aromatic carbocycles. The molecule has 3 N–H and O–H groups in total. The molecule has 1 aliphatic rings. The molecule has 0 aliphatic carbocycles. The maximum atomic E-state index is 12.7. The van der Waals surface area contributed by atoms with Gasteiger partial charge in [0.05, 0.1) is 19.3 Å². The Labute approximate surface area is 160 Å². The minimum Gasteiger partial charge on any atom is -0.496 e. The second kappa shape index (κ2) is 8.12. The molecule has 0 aromatic heterocycles. The first kappa shape index (κ1) is 19.4. The first-order valence-corrected chi connectivity index (χ1v) is 8.44. The summed E-state index contributed by atoms with van der Waals surface area (Å²) in [5.74, 6) is -0.0966. The molecular formula is C19H19F2N3O4. The average Bonchev–Trinajstić information content (AvgIpc) is 3.11. The third-order valence-electron chi connectivity index (χ3n) is 4.32. The highest BCUT2D eigenvalue weighted by molar-refractivity contribution is 5.96. The van der Waals surface area contributed by atoms with Gasteiger partial charge < -0.3 is 25.4 Å². The Kier molecular flexibility index (Phi) is 5.62. The van der Waals surface area contributed by atoms with Crippen molar-refractivity contribution in [3.8, 4) is 11.5 Å². The molecule has 1 aliphatic heterocycles. The standard InChI is InChI=1S/C19H19F2N3O4/c1-27-15-4-2-3-12-8-24(9-13(12)15)19(26)23-14-6-5-11(18(22)25)7-16(14)28-10-17(20)21/h2-7,17H,8-10H2,1H3,(H2,22,25)(H,23,26). The van der Waals surface area contributed by atoms with Crippen LogP contribution < -0.4 is 20.5 Å². The molecule has 1 heterocycles. The predicted octanol–water partition coefficient (Wildman–Crippen LogP) is 2.99. The number of halogens is 2. The van der Waals surface area contributed by atoms with E-state index in [0.29, 0.717) is 18.8 Å². The second-order valence-electron chi connectivity index (χ2n) is 6.16. The van der Waals surface area contributed by atoms with Crippen molar-refractivity contribution in [3.05, 3.63) is 53.1 Å². The van der Waals surface area contributed by atoms with Gasteiger partial charge >= 0.3 is 6.03 Å². The fraction of sp³-hybridized carbons (Fsp3) is 0.263. The molecule has 0 atom stereocenters. The number of primary amides is 1. The van der Waals surface area contributed by atoms with E-state index in [4.69, 9.17) is 15.2 Å². The summed E-state index contributed by atoms with van der Waals surface area (Å²) in [7, 11) is 1.56. The van der Waals surface area contributed by atoms with Crippen LogP contribution in [0.2, 0.25) is 0 Å². The normalized spacial score (nSPS) is 12.6. The number of fused-ring (bicyclic) bond motifs is 1. The molecular weight excluding hydrogens is 372 g/mol. The molecule has 0 saturated heterocycles. The van der Waals surface area contributed by atoms with Gasteiger partial charge in [0.25, 0.3) is 6.43 Å². The Balaban J connectivity index is 1.77. The number of rotatable bonds is 6. The molecule has 2 aromatic rings. The summed E-state index contributed by atoms with van der Waals surface area (Å²) in [6.07, 6.45) is -2.71. The number of hydrogen-bond donors (Lipinski definition) is 2. The van der Waals surface area contributed by atoms with Crippen molar-refractivity contribution in [1.29, 1.82) is 0 Å². The monoisotopic (exact) mass is 391 g/mol. The van der Waals surface area contributed by atoms with Crippen molar-refractivity contribution in [2.75, 3.05) is 19.0 Å². The van der Waals surface area contributed by atoms with Crippen LogP contribution in [0.4, 0.5) is 19.3 Å². The number of methoxy groups -OCH3 is 1. The lowest BCUT2D eigenvalue weighted by atomic mass is 10.1. The van der Waals surface area contributed by atoms with Crippen LogP contribution in [0.3, 0.4) is 0 Å². The summed E-state index contributed by atoms with van der Waals surface area (Å²) in [5.41, 5.74) is 7.35. The number of benzene rings is 2. The molecule has 3 amide bonds. The third kappa shape index (κ3) is 4.13. The number of carbonyl (C=O) groups is 2. The number of nitrogens with two attached hydrogens (primary N) is 1. The summed E-state index contributed by atoms with van der Waals surface area (Å²) < 4.78 is 35.4. The van der Waals surface area contributed by atoms with Gasteiger partial charge in [0.2, 0.25) is 5.91 Å². The second-order valence-corrected chi connectivity index (χ2v) is 6.16. The number of anilines is 1. The van der Waals surface area contributed by atoms with E-state index in [1.54, 1.807) is 12.0 Å². The van der Waals surface area contributed by atoms with Gasteiger partial charge in [0.15, 0.2) is 0 Å². The summed E-state index contributed by atoms with van der Waals surface area (Å²) in [5, 5.41) is 2.64. The Morgan fingerprint density at radius 1 is 1.21 bits per heavy atom. The smallest absolute Gasteiger partial charge is 0.322 e. The molecule has 148 valence electrons. The van der Waals surface area contributed by atoms with Gasteiger partial charge in [0.1, 0.15) is 18.1 Å². The van der Waals surface area contributed by atoms with Gasteiger partial charge in [-0.2, -0.15) is 0 Å². The van der Waals surface area contributed by atoms with Crippen molar-refractivity contribution < 1.29 is 27.8 Å². The van der Waals surface area contributed by atoms with E-state index in [2.05, 4.69) is 5.32 Å². The van der Waals surface area contributed by atoms with Crippen LogP contribution in [-0.2, 0) is 13.1 Å². The number of nitrogens with zero attached hydrogens (tertiary/aromatic N) is 1. The minimum absolute atomic E-state index is 0.0563. The van der Waals surface area contributed by atoms with Crippen molar-refractivity contribution in [2.24, 2.45) is 5.73 Å². The van der Waals surface area contributed by atoms with E-state index < -0.39 is 25.0 Å². The third-order valence-corrected chi connectivity index (χ3v) is 4.32. The van der Waals surface area contributed by atoms with Gasteiger partial charge in [0, 0.05) is 17.7 Å². The zero-order chi connectivity index (χ0) is 20.3. The van der Waals surface area contributed by atoms with Gasteiger partial charge in [-0.25, -0.2) is 13.6 Å². The fourth-order valence-electron chi connectivity index (χ4n) is 2.97. The van der Waals surface area contributed by atoms with Crippen LogP contribution in [0.15, 0.2) is 36.4 Å². The number of ether oxygens (including phenoxy) is 2. The molecule has 28 heavy (non-hydrogen) atoms. The summed E-state index contributed by atoms with van der Waals surface area (Å²) in [4.78, 5) is 25.5. The van der Waals surface area contributed by atoms with E-state index >= 15 is 0 Å². The molecule has 0 fully saturated rings. The SMILES string of the molecule is COc1cccc2c1CN(C(=O)Nc1ccc(C(N)=O)cc1OCC(F)F)C2. The summed E-state index contributed by atoms with van der Waals surface area (Å²) in [6.45, 7) is -0.153. The van der Waals surface area contributed by atoms with Crippen molar-refractivity contribution in [1.82, 2.24) is 4.90 Å². The number of alkyl halides is 2. The molecule has 3 rings (SSSR count). The van der Waals surface area contributed by atoms with Crippen LogP contribution in [0.1, 0.15) is 21.5 Å². The minimum atomic E-state index is -2.71. The Morgan fingerprint density at radius 2 is 2.00 bits per heavy atom. The van der Waals surface area contributed by atoms with Gasteiger partial charge in [-0.1, -0.05) is 12.1 Å². The number of nitrogens with one attached hydrogen (secondary N) is 1. The fourth-order valence-corrected chi connectivity index (χ4v) is 2.97. The molecule has 0 unspecified atom stereocenters. The molecule has 0 saturated carbocycles. The predicted molar refractivity (Wildman–Crippen MR) is 97.7 cm³/mol. The van der Waals surface area contributed by atoms with Gasteiger partial charge in [-0.05, 0) is 29.8 Å². The number of carbonyl (C=O) groups excluding carboxylic acids is 2. The zero-order valence-corrected chi connectivity index (χ0v) is 15.1. The lowest BCUT2D eigenvalue weighted by molar-refractivity contribution is 0.0822. The van der Waals surface area contributed by atoms with E-state index in [1.807, 2.05) is 18.2 Å². The summed E-state index contributed by atoms with van der Waals surface area (Å²) in [6, 6.07) is 9.13. The molecule has 9 heteroatoms. The van der Waals surface area contributed by atoms with Crippen LogP contribution in [-0.4, -0.2) is 37.0 Å². The first-order chi connectivity index (χ1) is 13.4. The largest absolute Gasteiger partial charge is 0.496 e. The maximum Gasteiger partial charge on any atom is 0.322 e. The Morgan fingerprint density at radius 3 is 2.68 bits per heavy atom. The van der Waals surface area contributed by atoms with Crippen molar-refractivity contribution in [3.63, 3.8) is 0 Å². The first-order valence-electron chi connectivity index (χ1n) is 8.44. The molecule has 0 bridgehead atoms. The highest BCUT2D eigenvalue weighted by Gasteiger charge is 2.26. The highest BCUT2D eigenvalue weighted by Crippen LogP contribution is 2.32. The average molecular weight is 391 g/mol. The molecule has 0 spiro atoms. The van der Waals surface area contributed by atoms with Crippen LogP contribution in [0.25, 0.3) is 0 Å². The lowest BCUT2D eigenvalue weighted by Crippen LogP contribution is -2.30. The van der Waals surface area contributed by atoms with E-state index in [1.165, 1.54) is 18.2 Å². The maximum absolute atomic E-state index is 12.7. The van der Waals surface area contributed by atoms with Gasteiger partial charge in [-0.15, -0.1) is 0 Å². The number of urea groups is 1. The lowest BCUT2D eigenvalue weighted by Gasteiger charge is -2.19. The van der Waals surface area contributed by atoms with Crippen LogP contribution >= 0.6 is 0 Å². The van der Waals surface area contributed by atoms with Crippen molar-refractivity contribution in [2.45, 2.75) is 19.5 Å². The highest BCUT2D eigenvalue weighted by atomic mass is 19.3. The van der Waals surface area contributed by atoms with Crippen LogP contribution in [0, 0.1) is 0 Å².